The van der Waals surface area contributed by atoms with Gasteiger partial charge in [0.15, 0.2) is 0 Å². The molecule has 0 saturated carbocycles. The number of hydrogen-bond acceptors (Lipinski definition) is 1. The molecule has 6 heavy (non-hydrogen) atoms. The number of rotatable bonds is 0. The zero-order chi connectivity index (χ0) is 4.71. The summed E-state index contributed by atoms with van der Waals surface area (Å²) < 4.78 is 13.1. The van der Waals surface area contributed by atoms with Crippen LogP contribution in [-0.4, -0.2) is 49.1 Å². The Bertz CT molecular complexity index is 25.5. The summed E-state index contributed by atoms with van der Waals surface area (Å²) in [6.45, 7) is 0. The van der Waals surface area contributed by atoms with Crippen LogP contribution in [0.4, 0.5) is 0 Å². The zero-order valence-electron chi connectivity index (χ0n) is 3.30. The zero-order valence-corrected chi connectivity index (χ0v) is 10.6. The molecule has 0 bridgehead atoms. The number of hydrogen-bond donors (Lipinski definition) is 0. The van der Waals surface area contributed by atoms with E-state index in [2.05, 4.69) is 4.94 Å². The topological polar surface area (TPSA) is 17.1 Å². The summed E-state index contributed by atoms with van der Waals surface area (Å²) >= 11 is 1.23. The third-order valence-electron chi connectivity index (χ3n) is 0. The molecule has 1 nitrogen and oxygen atoms in total. The van der Waals surface area contributed by atoms with Crippen LogP contribution < -0.4 is 0 Å². The molecule has 0 saturated heterocycles. The minimum absolute atomic E-state index is 0. The first-order valence-electron chi connectivity index (χ1n) is 0.918. The molecular formula is C2H4OPdSn2-. The second kappa shape index (κ2) is 28.4. The molecule has 0 fully saturated rings. The van der Waals surface area contributed by atoms with E-state index in [1.165, 1.54) is 19.2 Å². The molecule has 0 atom stereocenters. The molecule has 0 N–H and O–H groups in total. The summed E-state index contributed by atoms with van der Waals surface area (Å²) in [6.07, 6.45) is 0. The molecular weight excluding hydrogens is 384 g/mol. The molecule has 4 heteroatoms. The van der Waals surface area contributed by atoms with Gasteiger partial charge in [0.1, 0.15) is 0 Å². The molecule has 0 unspecified atom stereocenters. The van der Waals surface area contributed by atoms with Gasteiger partial charge < -0.3 is 0 Å². The quantitative estimate of drug-likeness (QED) is 0.406. The molecule has 0 heterocycles. The third kappa shape index (κ3) is 38.7. The summed E-state index contributed by atoms with van der Waals surface area (Å²) in [5.74, 6) is 0. The molecule has 0 aromatic heterocycles. The van der Waals surface area contributed by atoms with Crippen LogP contribution in [0.1, 0.15) is 0 Å². The van der Waals surface area contributed by atoms with Gasteiger partial charge in [0.25, 0.3) is 0 Å². The van der Waals surface area contributed by atoms with E-state index < -0.39 is 0 Å². The van der Waals surface area contributed by atoms with Crippen LogP contribution in [0.15, 0.2) is 0 Å². The Balaban J connectivity index is -0.0000000275. The van der Waals surface area contributed by atoms with Gasteiger partial charge in [0.2, 0.25) is 0 Å². The first kappa shape index (κ1) is 15.7. The van der Waals surface area contributed by atoms with E-state index in [1.54, 1.807) is 0 Å². The molecule has 37 valence electrons. The van der Waals surface area contributed by atoms with Crippen molar-refractivity contribution < 1.29 is 22.6 Å². The maximum absolute atomic E-state index is 8.10. The van der Waals surface area contributed by atoms with Crippen LogP contribution in [0.3, 0.4) is 0 Å². The van der Waals surface area contributed by atoms with Crippen molar-refractivity contribution >= 4 is 49.1 Å². The fourth-order valence-electron chi connectivity index (χ4n) is 0. The van der Waals surface area contributed by atoms with Crippen molar-refractivity contribution in [3.63, 3.8) is 0 Å². The van der Waals surface area contributed by atoms with Crippen molar-refractivity contribution in [1.29, 1.82) is 0 Å². The predicted octanol–water partition coefficient (Wildman–Crippen LogP) is -0.454. The second-order valence-electron chi connectivity index (χ2n) is 0.289. The van der Waals surface area contributed by atoms with Crippen LogP contribution in [-0.2, 0) is 22.6 Å². The first-order chi connectivity index (χ1) is 2.41. The van der Waals surface area contributed by atoms with E-state index in [1.807, 2.05) is 0 Å². The SMILES string of the molecule is [CH-]=[Sn][CH3].[O]=[Pd].[Sn]. The van der Waals surface area contributed by atoms with Crippen molar-refractivity contribution in [2.75, 3.05) is 0 Å². The normalized spacial score (nSPS) is 3.17. The van der Waals surface area contributed by atoms with Crippen molar-refractivity contribution in [2.45, 2.75) is 4.94 Å². The van der Waals surface area contributed by atoms with Crippen molar-refractivity contribution in [3.8, 4) is 0 Å². The summed E-state index contributed by atoms with van der Waals surface area (Å²) in [4.78, 5) is 2.07. The van der Waals surface area contributed by atoms with E-state index in [0.717, 1.165) is 0 Å². The molecule has 5 radical (unpaired) electrons. The summed E-state index contributed by atoms with van der Waals surface area (Å²) in [7, 11) is 0. The van der Waals surface area contributed by atoms with Crippen LogP contribution in [0, 0.1) is 0 Å². The van der Waals surface area contributed by atoms with Gasteiger partial charge in [-0.1, -0.05) is 0 Å². The molecule has 0 aliphatic heterocycles. The smallest absolute Gasteiger partial charge is 0 e. The standard InChI is InChI=1S/CH3.CH.O.Pd.2Sn/h1H3;1H;;;;/q;-1;;;;. The third-order valence-corrected chi connectivity index (χ3v) is 0. The molecule has 0 rings (SSSR count). The van der Waals surface area contributed by atoms with Gasteiger partial charge >= 0.3 is 52.8 Å². The second-order valence-corrected chi connectivity index (χ2v) is 1.94. The van der Waals surface area contributed by atoms with Gasteiger partial charge in [-0.3, -0.25) is 0 Å². The minimum Gasteiger partial charge on any atom is 0 e. The Labute approximate surface area is 75.6 Å². The average Bonchev–Trinajstić information content (AvgIpc) is 1.46. The monoisotopic (exact) mass is 390 g/mol. The van der Waals surface area contributed by atoms with Crippen molar-refractivity contribution in [3.05, 3.63) is 0 Å². The van der Waals surface area contributed by atoms with Gasteiger partial charge in [0, 0.05) is 23.9 Å². The molecule has 0 aromatic rings. The maximum Gasteiger partial charge on any atom is 0 e. The molecule has 0 aliphatic rings. The van der Waals surface area contributed by atoms with E-state index in [-0.39, 0.29) is 44.6 Å². The molecule has 0 aromatic carbocycles. The van der Waals surface area contributed by atoms with E-state index in [9.17, 15) is 0 Å². The van der Waals surface area contributed by atoms with E-state index in [4.69, 9.17) is 7.99 Å². The first-order valence-corrected chi connectivity index (χ1v) is 6.05. The van der Waals surface area contributed by atoms with E-state index >= 15 is 0 Å². The predicted molar refractivity (Wildman–Crippen MR) is 24.1 cm³/mol. The Hall–Kier alpha value is 1.93. The van der Waals surface area contributed by atoms with Crippen LogP contribution in [0.5, 0.6) is 0 Å². The average molecular weight is 388 g/mol. The van der Waals surface area contributed by atoms with Crippen LogP contribution in [0.2, 0.25) is 4.94 Å². The Morgan fingerprint density at radius 3 is 1.67 bits per heavy atom. The fourth-order valence-corrected chi connectivity index (χ4v) is 0. The van der Waals surface area contributed by atoms with Crippen LogP contribution in [0.25, 0.3) is 0 Å². The molecule has 0 spiro atoms. The molecule has 0 amide bonds. The van der Waals surface area contributed by atoms with E-state index in [0.29, 0.717) is 0 Å². The van der Waals surface area contributed by atoms with Gasteiger partial charge in [-0.25, -0.2) is 0 Å². The van der Waals surface area contributed by atoms with Gasteiger partial charge in [-0.2, -0.15) is 0 Å². The summed E-state index contributed by atoms with van der Waals surface area (Å²) in [5, 5.41) is 0. The maximum atomic E-state index is 8.10. The van der Waals surface area contributed by atoms with Gasteiger partial charge in [-0.05, 0) is 0 Å². The Morgan fingerprint density at radius 1 is 1.67 bits per heavy atom. The Kier molecular flexibility index (Phi) is 74.1. The van der Waals surface area contributed by atoms with Gasteiger partial charge in [-0.15, -0.1) is 0 Å². The van der Waals surface area contributed by atoms with Crippen molar-refractivity contribution in [1.82, 2.24) is 0 Å². The Morgan fingerprint density at radius 2 is 1.67 bits per heavy atom. The summed E-state index contributed by atoms with van der Waals surface area (Å²) in [6, 6.07) is 0. The van der Waals surface area contributed by atoms with Crippen LogP contribution >= 0.6 is 0 Å². The fraction of sp³-hybridized carbons (Fsp3) is 0.500. The summed E-state index contributed by atoms with van der Waals surface area (Å²) in [5.41, 5.74) is 0. The molecule has 0 aliphatic carbocycles. The minimum atomic E-state index is -0.270. The van der Waals surface area contributed by atoms with Crippen molar-refractivity contribution in [2.24, 2.45) is 0 Å². The largest absolute Gasteiger partial charge is 0 e. The van der Waals surface area contributed by atoms with Gasteiger partial charge in [0.05, 0.1) is 0 Å².